The van der Waals surface area contributed by atoms with Crippen molar-refractivity contribution >= 4 is 28.0 Å². The van der Waals surface area contributed by atoms with Crippen LogP contribution in [0.15, 0.2) is 212 Å². The standard InChI is InChI=1S/C49H41NO.C7H8.3C2H6.C2H4/c1-5-44-35(4)51-49-46(16-11-17-47(44)49)39-24-30-43(31-25-39)50(41-26-20-37(21-27-41)36-13-7-6-8-14-36)42-28-22-38(23-29-42)40-19-18-34(3)48(32-40)45-15-10-9-12-33(45)2;1-7-5-3-2-4-6-7;4*1-2/h6-32H,5H2,1-4H3;2-6H,1H3;3*1-2H3;1-2H2. The van der Waals surface area contributed by atoms with Crippen LogP contribution in [-0.2, 0) is 6.42 Å². The van der Waals surface area contributed by atoms with Gasteiger partial charge in [0, 0.05) is 33.6 Å². The van der Waals surface area contributed by atoms with E-state index in [1.807, 2.05) is 59.7 Å². The molecule has 8 aromatic carbocycles. The van der Waals surface area contributed by atoms with Crippen molar-refractivity contribution in [3.8, 4) is 44.5 Å². The first-order chi connectivity index (χ1) is 32.4. The summed E-state index contributed by atoms with van der Waals surface area (Å²) in [5, 5.41) is 1.20. The number of benzene rings is 8. The molecule has 1 aromatic heterocycles. The Morgan fingerprint density at radius 3 is 1.32 bits per heavy atom. The minimum Gasteiger partial charge on any atom is -0.460 e. The van der Waals surface area contributed by atoms with Gasteiger partial charge in [-0.2, -0.15) is 0 Å². The van der Waals surface area contributed by atoms with Gasteiger partial charge in [-0.15, -0.1) is 13.2 Å². The first-order valence-corrected chi connectivity index (χ1v) is 23.7. The predicted molar refractivity (Wildman–Crippen MR) is 293 cm³/mol. The average molecular weight is 870 g/mol. The summed E-state index contributed by atoms with van der Waals surface area (Å²) in [7, 11) is 0. The fraction of sp³-hybridized carbons (Fsp3) is 0.188. The van der Waals surface area contributed by atoms with Gasteiger partial charge in [0.05, 0.1) is 0 Å². The van der Waals surface area contributed by atoms with Crippen molar-refractivity contribution in [3.63, 3.8) is 0 Å². The second kappa shape index (κ2) is 26.6. The topological polar surface area (TPSA) is 16.4 Å². The van der Waals surface area contributed by atoms with Crippen LogP contribution >= 0.6 is 0 Å². The average Bonchev–Trinajstić information content (AvgIpc) is 3.73. The Bertz CT molecular complexity index is 2780. The summed E-state index contributed by atoms with van der Waals surface area (Å²) in [6.45, 7) is 28.7. The number of hydrogen-bond donors (Lipinski definition) is 0. The molecular weight excluding hydrogens is 799 g/mol. The first kappa shape index (κ1) is 51.5. The third-order valence-corrected chi connectivity index (χ3v) is 11.1. The summed E-state index contributed by atoms with van der Waals surface area (Å²) in [4.78, 5) is 2.34. The molecule has 0 bridgehead atoms. The molecule has 0 saturated heterocycles. The first-order valence-electron chi connectivity index (χ1n) is 23.7. The maximum Gasteiger partial charge on any atom is 0.142 e. The summed E-state index contributed by atoms with van der Waals surface area (Å²) >= 11 is 0. The molecule has 0 radical (unpaired) electrons. The van der Waals surface area contributed by atoms with Crippen LogP contribution in [0, 0.1) is 27.7 Å². The zero-order chi connectivity index (χ0) is 48.0. The van der Waals surface area contributed by atoms with E-state index in [-0.39, 0.29) is 0 Å². The summed E-state index contributed by atoms with van der Waals surface area (Å²) in [5.74, 6) is 1.00. The van der Waals surface area contributed by atoms with Gasteiger partial charge in [0.15, 0.2) is 0 Å². The lowest BCUT2D eigenvalue weighted by Crippen LogP contribution is -2.09. The molecule has 9 aromatic rings. The molecule has 0 unspecified atom stereocenters. The van der Waals surface area contributed by atoms with Crippen molar-refractivity contribution in [2.75, 3.05) is 4.90 Å². The van der Waals surface area contributed by atoms with Crippen LogP contribution in [0.25, 0.3) is 55.5 Å². The number of aryl methyl sites for hydroxylation is 5. The monoisotopic (exact) mass is 870 g/mol. The van der Waals surface area contributed by atoms with Gasteiger partial charge in [0.2, 0.25) is 0 Å². The zero-order valence-corrected chi connectivity index (χ0v) is 41.5. The molecule has 0 atom stereocenters. The number of nitrogens with zero attached hydrogens (tertiary/aromatic N) is 1. The van der Waals surface area contributed by atoms with Gasteiger partial charge >= 0.3 is 0 Å². The van der Waals surface area contributed by atoms with Crippen LogP contribution in [0.2, 0.25) is 0 Å². The highest BCUT2D eigenvalue weighted by Crippen LogP contribution is 2.40. The second-order valence-corrected chi connectivity index (χ2v) is 15.0. The summed E-state index contributed by atoms with van der Waals surface area (Å²) in [5.41, 5.74) is 19.1. The molecule has 66 heavy (non-hydrogen) atoms. The second-order valence-electron chi connectivity index (χ2n) is 15.0. The molecule has 0 spiro atoms. The summed E-state index contributed by atoms with van der Waals surface area (Å²) in [6, 6.07) is 69.4. The minimum atomic E-state index is 0.954. The van der Waals surface area contributed by atoms with Crippen LogP contribution < -0.4 is 4.90 Å². The van der Waals surface area contributed by atoms with Gasteiger partial charge < -0.3 is 9.32 Å². The molecule has 0 aliphatic heterocycles. The lowest BCUT2D eigenvalue weighted by atomic mass is 9.93. The minimum absolute atomic E-state index is 0.954. The maximum atomic E-state index is 6.32. The Morgan fingerprint density at radius 1 is 0.394 bits per heavy atom. The fourth-order valence-corrected chi connectivity index (χ4v) is 7.93. The molecule has 0 aliphatic carbocycles. The van der Waals surface area contributed by atoms with Gasteiger partial charge in [-0.25, -0.2) is 0 Å². The van der Waals surface area contributed by atoms with Crippen molar-refractivity contribution in [1.82, 2.24) is 0 Å². The smallest absolute Gasteiger partial charge is 0.142 e. The molecule has 1 heterocycles. The summed E-state index contributed by atoms with van der Waals surface area (Å²) in [6.07, 6.45) is 0.954. The molecule has 9 rings (SSSR count). The van der Waals surface area contributed by atoms with E-state index >= 15 is 0 Å². The molecule has 0 fully saturated rings. The van der Waals surface area contributed by atoms with E-state index in [1.165, 1.54) is 61.0 Å². The molecule has 2 heteroatoms. The third kappa shape index (κ3) is 12.5. The number of fused-ring (bicyclic) bond motifs is 1. The maximum absolute atomic E-state index is 6.32. The summed E-state index contributed by atoms with van der Waals surface area (Å²) < 4.78 is 6.32. The number of rotatable bonds is 8. The highest BCUT2D eigenvalue weighted by molar-refractivity contribution is 5.95. The van der Waals surface area contributed by atoms with Crippen LogP contribution in [0.4, 0.5) is 17.1 Å². The van der Waals surface area contributed by atoms with Crippen LogP contribution in [0.5, 0.6) is 0 Å². The van der Waals surface area contributed by atoms with Crippen LogP contribution in [0.1, 0.15) is 76.5 Å². The highest BCUT2D eigenvalue weighted by Gasteiger charge is 2.17. The quantitative estimate of drug-likeness (QED) is 0.141. The number of hydrogen-bond acceptors (Lipinski definition) is 2. The molecule has 0 aliphatic rings. The lowest BCUT2D eigenvalue weighted by Gasteiger charge is -2.26. The van der Waals surface area contributed by atoms with Gasteiger partial charge in [0.25, 0.3) is 0 Å². The molecule has 0 amide bonds. The van der Waals surface area contributed by atoms with E-state index in [1.54, 1.807) is 0 Å². The Kier molecular flexibility index (Phi) is 20.7. The Balaban J connectivity index is 0.000000559. The van der Waals surface area contributed by atoms with Gasteiger partial charge in [-0.1, -0.05) is 206 Å². The molecule has 0 N–H and O–H groups in total. The molecular formula is C64H71NO. The van der Waals surface area contributed by atoms with Gasteiger partial charge in [-0.3, -0.25) is 0 Å². The Hall–Kier alpha value is -7.16. The molecule has 0 saturated carbocycles. The van der Waals surface area contributed by atoms with Gasteiger partial charge in [0.1, 0.15) is 11.3 Å². The highest BCUT2D eigenvalue weighted by atomic mass is 16.3. The zero-order valence-electron chi connectivity index (χ0n) is 41.5. The van der Waals surface area contributed by atoms with Crippen LogP contribution in [0.3, 0.4) is 0 Å². The van der Waals surface area contributed by atoms with Crippen molar-refractivity contribution in [2.45, 2.75) is 82.6 Å². The Labute approximate surface area is 398 Å². The largest absolute Gasteiger partial charge is 0.460 e. The van der Waals surface area contributed by atoms with E-state index in [0.29, 0.717) is 0 Å². The van der Waals surface area contributed by atoms with Crippen molar-refractivity contribution < 1.29 is 4.42 Å². The van der Waals surface area contributed by atoms with Crippen LogP contribution in [-0.4, -0.2) is 0 Å². The molecule has 338 valence electrons. The lowest BCUT2D eigenvalue weighted by molar-refractivity contribution is 0.573. The van der Waals surface area contributed by atoms with Crippen molar-refractivity contribution in [3.05, 3.63) is 235 Å². The Morgan fingerprint density at radius 2 is 0.818 bits per heavy atom. The van der Waals surface area contributed by atoms with E-state index in [0.717, 1.165) is 46.0 Å². The SMILES string of the molecule is C=C.CC.CC.CC.CCc1c(C)oc2c(-c3ccc(N(c4ccc(-c5ccccc5)cc4)c4ccc(-c5ccc(C)c(-c6ccccc6C)c5)cc4)cc3)cccc12.Cc1ccccc1. The predicted octanol–water partition coefficient (Wildman–Crippen LogP) is 19.9. The number of furan rings is 1. The van der Waals surface area contributed by atoms with E-state index in [2.05, 4.69) is 229 Å². The normalized spacial score (nSPS) is 9.92. The third-order valence-electron chi connectivity index (χ3n) is 11.1. The molecule has 2 nitrogen and oxygen atoms in total. The van der Waals surface area contributed by atoms with Crippen molar-refractivity contribution in [1.29, 1.82) is 0 Å². The number of para-hydroxylation sites is 1. The number of anilines is 3. The fourth-order valence-electron chi connectivity index (χ4n) is 7.93. The van der Waals surface area contributed by atoms with E-state index in [4.69, 9.17) is 4.42 Å². The van der Waals surface area contributed by atoms with E-state index in [9.17, 15) is 0 Å². The van der Waals surface area contributed by atoms with Gasteiger partial charge in [-0.05, 0) is 127 Å². The van der Waals surface area contributed by atoms with E-state index < -0.39 is 0 Å². The van der Waals surface area contributed by atoms with Crippen molar-refractivity contribution in [2.24, 2.45) is 0 Å².